The van der Waals surface area contributed by atoms with Crippen LogP contribution in [0, 0.1) is 6.92 Å². The summed E-state index contributed by atoms with van der Waals surface area (Å²) in [6, 6.07) is 48.8. The van der Waals surface area contributed by atoms with E-state index in [1.54, 1.807) is 0 Å². The van der Waals surface area contributed by atoms with Crippen LogP contribution in [0.5, 0.6) is 0 Å². The fourth-order valence-electron chi connectivity index (χ4n) is 11.0. The average molecular weight is 826 g/mol. The Morgan fingerprint density at radius 2 is 1.02 bits per heavy atom. The SMILES string of the molecule is Cc1ccc(N(c2ccc3c(c2)C(C)(C)c2ccccc2-3)c2ccc3c(c2)C(C)(C)c2cccc(C(C)(C)C)c2-3)c(-c2cccc3c2oc2c(C(C)(C)C)cc(C(C)(C)C)cc23)c1. The average Bonchev–Trinajstić information content (AvgIpc) is 3.79. The van der Waals surface area contributed by atoms with Gasteiger partial charge >= 0.3 is 0 Å². The molecule has 0 saturated carbocycles. The van der Waals surface area contributed by atoms with E-state index in [-0.39, 0.29) is 27.1 Å². The lowest BCUT2D eigenvalue weighted by molar-refractivity contribution is 0.559. The first-order valence-electron chi connectivity index (χ1n) is 23.0. The second-order valence-corrected chi connectivity index (χ2v) is 22.8. The van der Waals surface area contributed by atoms with Crippen molar-refractivity contribution in [1.29, 1.82) is 0 Å². The molecule has 2 aliphatic carbocycles. The Morgan fingerprint density at radius 3 is 1.70 bits per heavy atom. The number of anilines is 3. The van der Waals surface area contributed by atoms with E-state index in [9.17, 15) is 0 Å². The fourth-order valence-corrected chi connectivity index (χ4v) is 11.0. The maximum atomic E-state index is 7.22. The number of rotatable bonds is 4. The van der Waals surface area contributed by atoms with Crippen molar-refractivity contribution < 1.29 is 4.42 Å². The minimum Gasteiger partial charge on any atom is -0.455 e. The van der Waals surface area contributed by atoms with Crippen molar-refractivity contribution >= 4 is 39.0 Å². The van der Waals surface area contributed by atoms with Crippen LogP contribution in [0.2, 0.25) is 0 Å². The second-order valence-electron chi connectivity index (χ2n) is 22.8. The molecule has 0 spiro atoms. The molecule has 0 fully saturated rings. The molecule has 0 bridgehead atoms. The summed E-state index contributed by atoms with van der Waals surface area (Å²) in [7, 11) is 0. The normalized spacial score (nSPS) is 15.1. The second kappa shape index (κ2) is 13.6. The summed E-state index contributed by atoms with van der Waals surface area (Å²) >= 11 is 0. The third-order valence-corrected chi connectivity index (χ3v) is 14.5. The van der Waals surface area contributed by atoms with Crippen molar-refractivity contribution in [2.24, 2.45) is 0 Å². The highest BCUT2D eigenvalue weighted by Gasteiger charge is 2.40. The highest BCUT2D eigenvalue weighted by Crippen LogP contribution is 2.56. The molecule has 2 aliphatic rings. The molecule has 1 heterocycles. The summed E-state index contributed by atoms with van der Waals surface area (Å²) in [5.41, 5.74) is 23.2. The van der Waals surface area contributed by atoms with E-state index in [0.717, 1.165) is 44.7 Å². The molecule has 10 rings (SSSR count). The summed E-state index contributed by atoms with van der Waals surface area (Å²) in [6.07, 6.45) is 0. The Kier molecular flexibility index (Phi) is 8.87. The highest BCUT2D eigenvalue weighted by atomic mass is 16.3. The largest absolute Gasteiger partial charge is 0.455 e. The van der Waals surface area contributed by atoms with Gasteiger partial charge in [-0.1, -0.05) is 181 Å². The van der Waals surface area contributed by atoms with Crippen molar-refractivity contribution in [1.82, 2.24) is 0 Å². The predicted octanol–water partition coefficient (Wildman–Crippen LogP) is 17.5. The number of para-hydroxylation sites is 1. The summed E-state index contributed by atoms with van der Waals surface area (Å²) < 4.78 is 7.22. The van der Waals surface area contributed by atoms with Gasteiger partial charge in [0.1, 0.15) is 11.2 Å². The van der Waals surface area contributed by atoms with E-state index in [1.165, 1.54) is 72.1 Å². The molecule has 0 radical (unpaired) electrons. The quantitative estimate of drug-likeness (QED) is 0.176. The smallest absolute Gasteiger partial charge is 0.143 e. The van der Waals surface area contributed by atoms with Crippen molar-refractivity contribution in [2.45, 2.75) is 124 Å². The van der Waals surface area contributed by atoms with Crippen LogP contribution in [0.15, 0.2) is 132 Å². The van der Waals surface area contributed by atoms with Crippen LogP contribution in [0.4, 0.5) is 17.1 Å². The number of aryl methyl sites for hydroxylation is 1. The molecule has 2 nitrogen and oxygen atoms in total. The van der Waals surface area contributed by atoms with Crippen molar-refractivity contribution in [3.63, 3.8) is 0 Å². The van der Waals surface area contributed by atoms with Crippen LogP contribution in [-0.2, 0) is 27.1 Å². The highest BCUT2D eigenvalue weighted by molar-refractivity contribution is 6.12. The van der Waals surface area contributed by atoms with Gasteiger partial charge in [0.2, 0.25) is 0 Å². The topological polar surface area (TPSA) is 16.4 Å². The predicted molar refractivity (Wildman–Crippen MR) is 270 cm³/mol. The zero-order chi connectivity index (χ0) is 44.8. The lowest BCUT2D eigenvalue weighted by Gasteiger charge is -2.31. The van der Waals surface area contributed by atoms with Crippen molar-refractivity contribution in [3.05, 3.63) is 172 Å². The van der Waals surface area contributed by atoms with E-state index >= 15 is 0 Å². The van der Waals surface area contributed by atoms with Crippen molar-refractivity contribution in [3.8, 4) is 33.4 Å². The standard InChI is InChI=1S/C61H63NO/c1-36-25-30-53(45(31-36)42-20-17-21-43-46-32-37(57(2,3)4)33-52(59(8,9)10)56(46)63-55(42)43)62(38-26-28-41-40-19-15-16-22-47(40)60(11,12)50(41)34-38)39-27-29-44-51(35-39)61(13,14)49-24-18-23-48(54(44)49)58(5,6)7/h15-35H,1-14H3. The molecule has 1 aromatic heterocycles. The number of nitrogens with zero attached hydrogens (tertiary/aromatic N) is 1. The Bertz CT molecular complexity index is 3180. The summed E-state index contributed by atoms with van der Waals surface area (Å²) in [4.78, 5) is 2.53. The first-order valence-corrected chi connectivity index (χ1v) is 23.0. The minimum atomic E-state index is -0.179. The number of hydrogen-bond acceptors (Lipinski definition) is 2. The van der Waals surface area contributed by atoms with E-state index in [2.05, 4.69) is 229 Å². The van der Waals surface area contributed by atoms with Gasteiger partial charge in [0, 0.05) is 49.7 Å². The van der Waals surface area contributed by atoms with E-state index in [4.69, 9.17) is 4.42 Å². The maximum absolute atomic E-state index is 7.22. The molecule has 8 aromatic rings. The lowest BCUT2D eigenvalue weighted by Crippen LogP contribution is -2.18. The summed E-state index contributed by atoms with van der Waals surface area (Å²) in [5, 5.41) is 2.34. The van der Waals surface area contributed by atoms with Crippen LogP contribution in [0.3, 0.4) is 0 Å². The molecular formula is C61H63NO. The van der Waals surface area contributed by atoms with Crippen LogP contribution in [0.1, 0.15) is 135 Å². The molecule has 0 N–H and O–H groups in total. The number of fused-ring (bicyclic) bond motifs is 9. The first-order chi connectivity index (χ1) is 29.6. The fraction of sp³-hybridized carbons (Fsp3) is 0.311. The van der Waals surface area contributed by atoms with Gasteiger partial charge < -0.3 is 9.32 Å². The monoisotopic (exact) mass is 825 g/mol. The van der Waals surface area contributed by atoms with Gasteiger partial charge in [-0.05, 0) is 121 Å². The first kappa shape index (κ1) is 41.2. The lowest BCUT2D eigenvalue weighted by atomic mass is 9.79. The van der Waals surface area contributed by atoms with Gasteiger partial charge in [-0.25, -0.2) is 0 Å². The van der Waals surface area contributed by atoms with Crippen molar-refractivity contribution in [2.75, 3.05) is 4.90 Å². The maximum Gasteiger partial charge on any atom is 0.143 e. The van der Waals surface area contributed by atoms with Gasteiger partial charge in [-0.15, -0.1) is 0 Å². The van der Waals surface area contributed by atoms with E-state index < -0.39 is 0 Å². The third-order valence-electron chi connectivity index (χ3n) is 14.5. The zero-order valence-corrected chi connectivity index (χ0v) is 40.0. The Labute approximate surface area is 376 Å². The zero-order valence-electron chi connectivity index (χ0n) is 40.0. The molecule has 2 heteroatoms. The number of benzene rings is 7. The van der Waals surface area contributed by atoms with Gasteiger partial charge in [-0.3, -0.25) is 0 Å². The summed E-state index contributed by atoms with van der Waals surface area (Å²) in [5.74, 6) is 0. The van der Waals surface area contributed by atoms with Gasteiger partial charge in [0.15, 0.2) is 0 Å². The molecule has 63 heavy (non-hydrogen) atoms. The number of hydrogen-bond donors (Lipinski definition) is 0. The minimum absolute atomic E-state index is 0.00842. The molecule has 318 valence electrons. The molecule has 0 saturated heterocycles. The van der Waals surface area contributed by atoms with Gasteiger partial charge in [0.05, 0.1) is 5.69 Å². The molecule has 0 atom stereocenters. The molecule has 0 unspecified atom stereocenters. The van der Waals surface area contributed by atoms with Crippen LogP contribution >= 0.6 is 0 Å². The van der Waals surface area contributed by atoms with E-state index in [0.29, 0.717) is 0 Å². The third kappa shape index (κ3) is 6.26. The molecule has 0 aliphatic heterocycles. The van der Waals surface area contributed by atoms with Gasteiger partial charge in [-0.2, -0.15) is 0 Å². The molecule has 7 aromatic carbocycles. The summed E-state index contributed by atoms with van der Waals surface area (Å²) in [6.45, 7) is 32.6. The van der Waals surface area contributed by atoms with Gasteiger partial charge in [0.25, 0.3) is 0 Å². The van der Waals surface area contributed by atoms with E-state index in [1.807, 2.05) is 0 Å². The Morgan fingerprint density at radius 1 is 0.429 bits per heavy atom. The Hall–Kier alpha value is -5.86. The Balaban J connectivity index is 1.25. The molecular weight excluding hydrogens is 763 g/mol. The van der Waals surface area contributed by atoms with Crippen LogP contribution < -0.4 is 4.90 Å². The molecule has 0 amide bonds. The van der Waals surface area contributed by atoms with Crippen LogP contribution in [-0.4, -0.2) is 0 Å². The van der Waals surface area contributed by atoms with Crippen LogP contribution in [0.25, 0.3) is 55.3 Å². The number of furan rings is 1.